The van der Waals surface area contributed by atoms with E-state index in [1.165, 1.54) is 0 Å². The predicted molar refractivity (Wildman–Crippen MR) is 38.1 cm³/mol. The third kappa shape index (κ3) is 1.64. The number of nitro groups is 1. The second-order valence-corrected chi connectivity index (χ2v) is 2.28. The summed E-state index contributed by atoms with van der Waals surface area (Å²) in [6.07, 6.45) is 1.10. The zero-order valence-electron chi connectivity index (χ0n) is 5.19. The van der Waals surface area contributed by atoms with Crippen LogP contribution in [0.2, 0.25) is 0 Å². The number of aromatic nitrogens is 1. The summed E-state index contributed by atoms with van der Waals surface area (Å²) >= 11 is 3.76. The Morgan fingerprint density at radius 3 is 2.82 bits per heavy atom. The third-order valence-corrected chi connectivity index (χ3v) is 1.25. The smallest absolute Gasteiger partial charge is 0.258 e. The minimum Gasteiger partial charge on any atom is -0.258 e. The van der Waals surface area contributed by atoms with Crippen molar-refractivity contribution in [3.63, 3.8) is 0 Å². The van der Waals surface area contributed by atoms with Crippen molar-refractivity contribution in [2.24, 2.45) is 0 Å². The highest BCUT2D eigenvalue weighted by atomic mass is 32.1. The highest BCUT2D eigenvalue weighted by molar-refractivity contribution is 7.80. The normalized spacial score (nSPS) is 9.64. The summed E-state index contributed by atoms with van der Waals surface area (Å²) in [6, 6.07) is 1.01. The number of rotatable bonds is 1. The van der Waals surface area contributed by atoms with Crippen LogP contribution in [-0.2, 0) is 0 Å². The Hall–Kier alpha value is -1.17. The third-order valence-electron chi connectivity index (χ3n) is 1.00. The maximum atomic E-state index is 12.4. The molecule has 0 bridgehead atoms. The van der Waals surface area contributed by atoms with Crippen molar-refractivity contribution in [2.45, 2.75) is 4.90 Å². The SMILES string of the molecule is O=[N+]([O-])c1cc(S)cnc1F. The fourth-order valence-corrected chi connectivity index (χ4v) is 0.734. The summed E-state index contributed by atoms with van der Waals surface area (Å²) < 4.78 is 12.4. The van der Waals surface area contributed by atoms with Crippen LogP contribution in [-0.4, -0.2) is 9.91 Å². The van der Waals surface area contributed by atoms with E-state index in [-0.39, 0.29) is 4.90 Å². The first kappa shape index (κ1) is 7.93. The first-order valence-corrected chi connectivity index (χ1v) is 3.05. The summed E-state index contributed by atoms with van der Waals surface area (Å²) in [5.74, 6) is -1.09. The molecule has 1 aromatic rings. The van der Waals surface area contributed by atoms with Crippen molar-refractivity contribution in [3.8, 4) is 0 Å². The van der Waals surface area contributed by atoms with Gasteiger partial charge in [0.2, 0.25) is 0 Å². The maximum absolute atomic E-state index is 12.4. The highest BCUT2D eigenvalue weighted by Crippen LogP contribution is 2.17. The Morgan fingerprint density at radius 2 is 2.36 bits per heavy atom. The fourth-order valence-electron chi connectivity index (χ4n) is 0.554. The lowest BCUT2D eigenvalue weighted by Crippen LogP contribution is -1.94. The number of nitrogens with zero attached hydrogens (tertiary/aromatic N) is 2. The molecule has 0 aliphatic heterocycles. The molecule has 1 rings (SSSR count). The van der Waals surface area contributed by atoms with E-state index < -0.39 is 16.6 Å². The molecule has 0 aromatic carbocycles. The topological polar surface area (TPSA) is 56.0 Å². The fraction of sp³-hybridized carbons (Fsp3) is 0. The van der Waals surface area contributed by atoms with E-state index in [0.717, 1.165) is 12.3 Å². The zero-order valence-corrected chi connectivity index (χ0v) is 6.09. The van der Waals surface area contributed by atoms with E-state index in [2.05, 4.69) is 17.6 Å². The lowest BCUT2D eigenvalue weighted by molar-refractivity contribution is -0.388. The average Bonchev–Trinajstić information content (AvgIpc) is 1.94. The number of halogens is 1. The first-order valence-electron chi connectivity index (χ1n) is 2.60. The molecule has 58 valence electrons. The Kier molecular flexibility index (Phi) is 2.04. The molecule has 11 heavy (non-hydrogen) atoms. The number of hydrogen-bond donors (Lipinski definition) is 1. The van der Waals surface area contributed by atoms with Gasteiger partial charge in [0.25, 0.3) is 5.95 Å². The first-order chi connectivity index (χ1) is 5.11. The van der Waals surface area contributed by atoms with Gasteiger partial charge in [0, 0.05) is 17.2 Å². The second kappa shape index (κ2) is 2.83. The summed E-state index contributed by atoms with van der Waals surface area (Å²) in [6.45, 7) is 0. The van der Waals surface area contributed by atoms with E-state index >= 15 is 0 Å². The predicted octanol–water partition coefficient (Wildman–Crippen LogP) is 1.42. The zero-order chi connectivity index (χ0) is 8.43. The molecular weight excluding hydrogens is 171 g/mol. The molecule has 0 N–H and O–H groups in total. The van der Waals surface area contributed by atoms with Gasteiger partial charge in [-0.3, -0.25) is 10.1 Å². The van der Waals surface area contributed by atoms with Crippen molar-refractivity contribution in [1.29, 1.82) is 0 Å². The van der Waals surface area contributed by atoms with E-state index in [1.54, 1.807) is 0 Å². The molecule has 0 saturated carbocycles. The minimum atomic E-state index is -1.09. The van der Waals surface area contributed by atoms with Gasteiger partial charge in [-0.15, -0.1) is 12.6 Å². The minimum absolute atomic E-state index is 0.262. The van der Waals surface area contributed by atoms with Crippen LogP contribution in [0.25, 0.3) is 0 Å². The Labute approximate surface area is 66.6 Å². The summed E-state index contributed by atoms with van der Waals surface area (Å²) in [5.41, 5.74) is -0.655. The van der Waals surface area contributed by atoms with Crippen molar-refractivity contribution < 1.29 is 9.31 Å². The summed E-state index contributed by atoms with van der Waals surface area (Å²) in [5, 5.41) is 10.1. The van der Waals surface area contributed by atoms with Crippen LogP contribution in [0.1, 0.15) is 0 Å². The maximum Gasteiger partial charge on any atom is 0.325 e. The molecule has 0 radical (unpaired) electrons. The van der Waals surface area contributed by atoms with Crippen LogP contribution < -0.4 is 0 Å². The molecule has 0 fully saturated rings. The molecule has 0 atom stereocenters. The van der Waals surface area contributed by atoms with Crippen molar-refractivity contribution in [3.05, 3.63) is 28.3 Å². The number of hydrogen-bond acceptors (Lipinski definition) is 4. The van der Waals surface area contributed by atoms with Crippen molar-refractivity contribution in [2.75, 3.05) is 0 Å². The van der Waals surface area contributed by atoms with Gasteiger partial charge in [0.05, 0.1) is 4.92 Å². The monoisotopic (exact) mass is 174 g/mol. The second-order valence-electron chi connectivity index (χ2n) is 1.76. The molecule has 1 aromatic heterocycles. The van der Waals surface area contributed by atoms with Crippen molar-refractivity contribution >= 4 is 18.3 Å². The van der Waals surface area contributed by atoms with Crippen LogP contribution >= 0.6 is 12.6 Å². The molecular formula is C5H3FN2O2S. The molecule has 1 heterocycles. The standard InChI is InChI=1S/C5H3FN2O2S/c6-5-4(8(9)10)1-3(11)2-7-5/h1-2,11H. The van der Waals surface area contributed by atoms with Crippen LogP contribution in [0.3, 0.4) is 0 Å². The summed E-state index contributed by atoms with van der Waals surface area (Å²) in [4.78, 5) is 12.6. The molecule has 0 unspecified atom stereocenters. The molecule has 6 heteroatoms. The van der Waals surface area contributed by atoms with Crippen LogP contribution in [0, 0.1) is 16.1 Å². The molecule has 0 aliphatic rings. The lowest BCUT2D eigenvalue weighted by atomic mass is 10.4. The van der Waals surface area contributed by atoms with Gasteiger partial charge in [0.15, 0.2) is 0 Å². The van der Waals surface area contributed by atoms with Crippen LogP contribution in [0.5, 0.6) is 0 Å². The quantitative estimate of drug-likeness (QED) is 0.303. The van der Waals surface area contributed by atoms with Gasteiger partial charge in [-0.25, -0.2) is 4.98 Å². The van der Waals surface area contributed by atoms with E-state index in [0.29, 0.717) is 0 Å². The van der Waals surface area contributed by atoms with Crippen molar-refractivity contribution in [1.82, 2.24) is 4.98 Å². The number of pyridine rings is 1. The number of thiol groups is 1. The van der Waals surface area contributed by atoms with E-state index in [4.69, 9.17) is 0 Å². The van der Waals surface area contributed by atoms with Gasteiger partial charge in [0.1, 0.15) is 0 Å². The van der Waals surface area contributed by atoms with Gasteiger partial charge in [-0.05, 0) is 0 Å². The molecule has 0 spiro atoms. The highest BCUT2D eigenvalue weighted by Gasteiger charge is 2.14. The molecule has 0 amide bonds. The average molecular weight is 174 g/mol. The van der Waals surface area contributed by atoms with Gasteiger partial charge >= 0.3 is 5.69 Å². The molecule has 4 nitrogen and oxygen atoms in total. The van der Waals surface area contributed by atoms with E-state index in [1.807, 2.05) is 0 Å². The molecule has 0 saturated heterocycles. The van der Waals surface area contributed by atoms with Crippen LogP contribution in [0.4, 0.5) is 10.1 Å². The van der Waals surface area contributed by atoms with E-state index in [9.17, 15) is 14.5 Å². The Bertz CT molecular complexity index is 305. The summed E-state index contributed by atoms with van der Waals surface area (Å²) in [7, 11) is 0. The molecule has 0 aliphatic carbocycles. The van der Waals surface area contributed by atoms with Crippen LogP contribution in [0.15, 0.2) is 17.2 Å². The van der Waals surface area contributed by atoms with Gasteiger partial charge in [-0.2, -0.15) is 4.39 Å². The Morgan fingerprint density at radius 1 is 1.73 bits per heavy atom. The largest absolute Gasteiger partial charge is 0.325 e. The Balaban J connectivity index is 3.23. The van der Waals surface area contributed by atoms with Gasteiger partial charge < -0.3 is 0 Å². The van der Waals surface area contributed by atoms with Gasteiger partial charge in [-0.1, -0.05) is 0 Å². The lowest BCUT2D eigenvalue weighted by Gasteiger charge is -1.92.